The smallest absolute Gasteiger partial charge is 0.261 e. The Labute approximate surface area is 167 Å². The molecule has 0 N–H and O–H groups in total. The van der Waals surface area contributed by atoms with Crippen molar-refractivity contribution in [3.8, 4) is 22.9 Å². The zero-order valence-electron chi connectivity index (χ0n) is 16.0. The Balaban J connectivity index is 1.40. The van der Waals surface area contributed by atoms with Crippen molar-refractivity contribution >= 4 is 11.8 Å². The van der Waals surface area contributed by atoms with Crippen molar-refractivity contribution in [2.24, 2.45) is 0 Å². The van der Waals surface area contributed by atoms with Gasteiger partial charge in [0, 0.05) is 18.5 Å². The zero-order chi connectivity index (χ0) is 20.4. The van der Waals surface area contributed by atoms with Gasteiger partial charge in [0.15, 0.2) is 11.5 Å². The molecule has 2 aromatic carbocycles. The highest BCUT2D eigenvalue weighted by Gasteiger charge is 2.34. The number of fused-ring (bicyclic) bond motifs is 1. The number of methoxy groups -OCH3 is 2. The molecule has 0 saturated carbocycles. The number of benzene rings is 2. The lowest BCUT2D eigenvalue weighted by molar-refractivity contribution is 0.0651. The van der Waals surface area contributed by atoms with Crippen LogP contribution in [0.4, 0.5) is 0 Å². The van der Waals surface area contributed by atoms with Crippen molar-refractivity contribution in [2.45, 2.75) is 12.8 Å². The van der Waals surface area contributed by atoms with Gasteiger partial charge in [0.25, 0.3) is 11.8 Å². The molecule has 0 fully saturated rings. The van der Waals surface area contributed by atoms with Crippen LogP contribution in [0.2, 0.25) is 0 Å². The summed E-state index contributed by atoms with van der Waals surface area (Å²) in [6, 6.07) is 12.2. The number of aryl methyl sites for hydroxylation is 1. The van der Waals surface area contributed by atoms with Gasteiger partial charge in [0.2, 0.25) is 11.7 Å². The minimum atomic E-state index is -0.262. The van der Waals surface area contributed by atoms with E-state index in [4.69, 9.17) is 14.0 Å². The van der Waals surface area contributed by atoms with E-state index in [1.165, 1.54) is 4.90 Å². The van der Waals surface area contributed by atoms with Crippen LogP contribution in [-0.4, -0.2) is 47.6 Å². The number of hydrogen-bond acceptors (Lipinski definition) is 7. The minimum absolute atomic E-state index is 0.262. The fraction of sp³-hybridized carbons (Fsp3) is 0.238. The Morgan fingerprint density at radius 2 is 1.66 bits per heavy atom. The van der Waals surface area contributed by atoms with Crippen LogP contribution in [-0.2, 0) is 6.42 Å². The van der Waals surface area contributed by atoms with Crippen molar-refractivity contribution in [2.75, 3.05) is 20.8 Å². The molecule has 0 unspecified atom stereocenters. The maximum absolute atomic E-state index is 12.4. The molecule has 148 valence electrons. The first-order valence-electron chi connectivity index (χ1n) is 9.12. The van der Waals surface area contributed by atoms with Gasteiger partial charge in [0.05, 0.1) is 25.3 Å². The lowest BCUT2D eigenvalue weighted by Gasteiger charge is -2.12. The number of nitrogens with zero attached hydrogens (tertiary/aromatic N) is 3. The number of amides is 2. The molecular formula is C21H19N3O5. The SMILES string of the molecule is COc1ccc(-c2noc(CCCN3C(=O)c4ccccc4C3=O)n2)cc1OC. The largest absolute Gasteiger partial charge is 0.493 e. The number of carbonyl (C=O) groups is 2. The Hall–Kier alpha value is -3.68. The lowest BCUT2D eigenvalue weighted by atomic mass is 10.1. The van der Waals surface area contributed by atoms with Gasteiger partial charge in [-0.25, -0.2) is 0 Å². The summed E-state index contributed by atoms with van der Waals surface area (Å²) in [5.41, 5.74) is 1.63. The van der Waals surface area contributed by atoms with Crippen LogP contribution < -0.4 is 9.47 Å². The number of carbonyl (C=O) groups excluding carboxylic acids is 2. The number of ether oxygens (including phenoxy) is 2. The highest BCUT2D eigenvalue weighted by atomic mass is 16.5. The molecule has 0 atom stereocenters. The van der Waals surface area contributed by atoms with Gasteiger partial charge in [-0.1, -0.05) is 17.3 Å². The first kappa shape index (κ1) is 18.7. The lowest BCUT2D eigenvalue weighted by Crippen LogP contribution is -2.30. The quantitative estimate of drug-likeness (QED) is 0.570. The van der Waals surface area contributed by atoms with Crippen LogP contribution in [0.3, 0.4) is 0 Å². The summed E-state index contributed by atoms with van der Waals surface area (Å²) >= 11 is 0. The van der Waals surface area contributed by atoms with Crippen molar-refractivity contribution in [3.63, 3.8) is 0 Å². The van der Waals surface area contributed by atoms with Gasteiger partial charge in [0.1, 0.15) is 0 Å². The van der Waals surface area contributed by atoms with Gasteiger partial charge in [-0.05, 0) is 36.8 Å². The highest BCUT2D eigenvalue weighted by molar-refractivity contribution is 6.21. The summed E-state index contributed by atoms with van der Waals surface area (Å²) in [5.74, 6) is 1.53. The predicted molar refractivity (Wildman–Crippen MR) is 103 cm³/mol. The van der Waals surface area contributed by atoms with Crippen LogP contribution in [0.25, 0.3) is 11.4 Å². The van der Waals surface area contributed by atoms with Gasteiger partial charge >= 0.3 is 0 Å². The molecule has 8 nitrogen and oxygen atoms in total. The molecule has 3 aromatic rings. The normalized spacial score (nSPS) is 13.0. The topological polar surface area (TPSA) is 94.8 Å². The summed E-state index contributed by atoms with van der Waals surface area (Å²) in [6.07, 6.45) is 0.979. The molecule has 0 aliphatic carbocycles. The maximum atomic E-state index is 12.4. The van der Waals surface area contributed by atoms with Crippen molar-refractivity contribution in [1.82, 2.24) is 15.0 Å². The molecule has 1 aliphatic rings. The second kappa shape index (κ2) is 7.75. The molecule has 0 saturated heterocycles. The van der Waals surface area contributed by atoms with E-state index in [-0.39, 0.29) is 11.8 Å². The summed E-state index contributed by atoms with van der Waals surface area (Å²) in [5, 5.41) is 4.00. The van der Waals surface area contributed by atoms with E-state index in [0.29, 0.717) is 53.7 Å². The second-order valence-corrected chi connectivity index (χ2v) is 6.49. The van der Waals surface area contributed by atoms with E-state index in [2.05, 4.69) is 10.1 Å². The molecule has 1 aliphatic heterocycles. The fourth-order valence-corrected chi connectivity index (χ4v) is 3.28. The molecule has 4 rings (SSSR count). The average molecular weight is 393 g/mol. The van der Waals surface area contributed by atoms with Crippen LogP contribution in [0, 0.1) is 0 Å². The summed E-state index contributed by atoms with van der Waals surface area (Å²) in [4.78, 5) is 30.4. The monoisotopic (exact) mass is 393 g/mol. The van der Waals surface area contributed by atoms with E-state index in [1.54, 1.807) is 50.6 Å². The minimum Gasteiger partial charge on any atom is -0.493 e. The van der Waals surface area contributed by atoms with E-state index in [1.807, 2.05) is 6.07 Å². The first-order chi connectivity index (χ1) is 14.1. The molecule has 0 bridgehead atoms. The van der Waals surface area contributed by atoms with Crippen LogP contribution in [0.5, 0.6) is 11.5 Å². The molecule has 0 radical (unpaired) electrons. The van der Waals surface area contributed by atoms with E-state index >= 15 is 0 Å². The van der Waals surface area contributed by atoms with Gasteiger partial charge in [-0.15, -0.1) is 0 Å². The Morgan fingerprint density at radius 3 is 2.31 bits per heavy atom. The number of hydrogen-bond donors (Lipinski definition) is 0. The van der Waals surface area contributed by atoms with Gasteiger partial charge < -0.3 is 14.0 Å². The fourth-order valence-electron chi connectivity index (χ4n) is 3.28. The van der Waals surface area contributed by atoms with Crippen LogP contribution >= 0.6 is 0 Å². The first-order valence-corrected chi connectivity index (χ1v) is 9.12. The number of imide groups is 1. The molecule has 2 amide bonds. The Bertz CT molecular complexity index is 1040. The summed E-state index contributed by atoms with van der Waals surface area (Å²) < 4.78 is 15.8. The number of aromatic nitrogens is 2. The van der Waals surface area contributed by atoms with E-state index in [0.717, 1.165) is 5.56 Å². The average Bonchev–Trinajstić information content (AvgIpc) is 3.32. The Kier molecular flexibility index (Phi) is 4.99. The van der Waals surface area contributed by atoms with Crippen molar-refractivity contribution < 1.29 is 23.6 Å². The third-order valence-corrected chi connectivity index (χ3v) is 4.76. The molecular weight excluding hydrogens is 374 g/mol. The van der Waals surface area contributed by atoms with E-state index < -0.39 is 0 Å². The second-order valence-electron chi connectivity index (χ2n) is 6.49. The number of rotatable bonds is 7. The predicted octanol–water partition coefficient (Wildman–Crippen LogP) is 2.98. The third-order valence-electron chi connectivity index (χ3n) is 4.76. The van der Waals surface area contributed by atoms with Crippen molar-refractivity contribution in [3.05, 3.63) is 59.5 Å². The van der Waals surface area contributed by atoms with Crippen LogP contribution in [0.1, 0.15) is 33.0 Å². The summed E-state index contributed by atoms with van der Waals surface area (Å²) in [6.45, 7) is 0.292. The van der Waals surface area contributed by atoms with Gasteiger partial charge in [-0.2, -0.15) is 4.98 Å². The molecule has 29 heavy (non-hydrogen) atoms. The van der Waals surface area contributed by atoms with Crippen LogP contribution in [0.15, 0.2) is 47.0 Å². The molecule has 2 heterocycles. The standard InChI is InChI=1S/C21H19N3O5/c1-27-16-10-9-13(12-17(16)28-2)19-22-18(29-23-19)8-5-11-24-20(25)14-6-3-4-7-15(14)21(24)26/h3-4,6-7,9-10,12H,5,8,11H2,1-2H3. The van der Waals surface area contributed by atoms with E-state index in [9.17, 15) is 9.59 Å². The Morgan fingerprint density at radius 1 is 0.966 bits per heavy atom. The van der Waals surface area contributed by atoms with Crippen molar-refractivity contribution in [1.29, 1.82) is 0 Å². The summed E-state index contributed by atoms with van der Waals surface area (Å²) in [7, 11) is 3.13. The molecule has 8 heteroatoms. The van der Waals surface area contributed by atoms with Gasteiger partial charge in [-0.3, -0.25) is 14.5 Å². The maximum Gasteiger partial charge on any atom is 0.261 e. The molecule has 0 spiro atoms. The highest BCUT2D eigenvalue weighted by Crippen LogP contribution is 2.31. The zero-order valence-corrected chi connectivity index (χ0v) is 16.0. The molecule has 1 aromatic heterocycles. The third kappa shape index (κ3) is 3.44.